The first-order valence-corrected chi connectivity index (χ1v) is 5.84. The first-order chi connectivity index (χ1) is 8.11. The molecule has 2 rings (SSSR count). The predicted octanol–water partition coefficient (Wildman–Crippen LogP) is 2.34. The minimum Gasteiger partial charge on any atom is -0.465 e. The summed E-state index contributed by atoms with van der Waals surface area (Å²) in [6.07, 6.45) is 0. The Bertz CT molecular complexity index is 600. The lowest BCUT2D eigenvalue weighted by atomic mass is 10.2. The molecule has 0 saturated heterocycles. The summed E-state index contributed by atoms with van der Waals surface area (Å²) < 4.78 is 6.45. The van der Waals surface area contributed by atoms with E-state index in [9.17, 15) is 9.59 Å². The van der Waals surface area contributed by atoms with Gasteiger partial charge >= 0.3 is 5.97 Å². The Labute approximate surface area is 106 Å². The lowest BCUT2D eigenvalue weighted by Gasteiger charge is -2.02. The van der Waals surface area contributed by atoms with Gasteiger partial charge in [0.1, 0.15) is 4.34 Å². The highest BCUT2D eigenvalue weighted by Crippen LogP contribution is 2.17. The maximum Gasteiger partial charge on any atom is 0.337 e. The van der Waals surface area contributed by atoms with Crippen molar-refractivity contribution in [1.29, 1.82) is 0 Å². The fourth-order valence-corrected chi connectivity index (χ4v) is 2.34. The van der Waals surface area contributed by atoms with Gasteiger partial charge < -0.3 is 4.74 Å². The Morgan fingerprint density at radius 1 is 1.35 bits per heavy atom. The van der Waals surface area contributed by atoms with E-state index in [4.69, 9.17) is 11.6 Å². The predicted molar refractivity (Wildman–Crippen MR) is 66.3 cm³/mol. The van der Waals surface area contributed by atoms with Crippen LogP contribution in [0.15, 0.2) is 35.1 Å². The van der Waals surface area contributed by atoms with Crippen LogP contribution >= 0.6 is 23.1 Å². The summed E-state index contributed by atoms with van der Waals surface area (Å²) in [4.78, 5) is 22.7. The molecule has 2 aromatic rings. The van der Waals surface area contributed by atoms with Crippen LogP contribution in [0.1, 0.15) is 10.4 Å². The van der Waals surface area contributed by atoms with Crippen LogP contribution in [-0.4, -0.2) is 17.0 Å². The summed E-state index contributed by atoms with van der Waals surface area (Å²) in [5.41, 5.74) is 0.914. The van der Waals surface area contributed by atoms with Crippen LogP contribution in [0, 0.1) is 0 Å². The maximum atomic E-state index is 11.5. The van der Waals surface area contributed by atoms with Crippen molar-refractivity contribution in [3.63, 3.8) is 0 Å². The Morgan fingerprint density at radius 3 is 2.47 bits per heavy atom. The number of nitrogens with zero attached hydrogens (tertiary/aromatic N) is 1. The van der Waals surface area contributed by atoms with Gasteiger partial charge in [0.05, 0.1) is 18.4 Å². The average Bonchev–Trinajstić information content (AvgIpc) is 2.68. The lowest BCUT2D eigenvalue weighted by Crippen LogP contribution is -2.09. The van der Waals surface area contributed by atoms with E-state index < -0.39 is 5.97 Å². The third-order valence-electron chi connectivity index (χ3n) is 2.14. The van der Waals surface area contributed by atoms with Crippen molar-refractivity contribution in [2.24, 2.45) is 0 Å². The standard InChI is InChI=1S/C11H8ClNO3S/c1-16-11(15)7-2-4-8(5-3-7)13-10(14)6-9(12)17-13/h2-6H,1H3. The van der Waals surface area contributed by atoms with E-state index in [-0.39, 0.29) is 5.56 Å². The van der Waals surface area contributed by atoms with Gasteiger partial charge in [-0.1, -0.05) is 11.6 Å². The molecule has 0 aliphatic heterocycles. The first-order valence-electron chi connectivity index (χ1n) is 4.69. The van der Waals surface area contributed by atoms with Crippen LogP contribution in [0.4, 0.5) is 0 Å². The van der Waals surface area contributed by atoms with E-state index in [1.165, 1.54) is 17.1 Å². The number of benzene rings is 1. The maximum absolute atomic E-state index is 11.5. The summed E-state index contributed by atoms with van der Waals surface area (Å²) in [7, 11) is 1.32. The molecule has 0 N–H and O–H groups in total. The zero-order chi connectivity index (χ0) is 12.4. The number of carbonyl (C=O) groups is 1. The second-order valence-corrected chi connectivity index (χ2v) is 4.83. The molecule has 0 saturated carbocycles. The molecule has 0 unspecified atom stereocenters. The number of rotatable bonds is 2. The number of methoxy groups -OCH3 is 1. The van der Waals surface area contributed by atoms with E-state index in [0.29, 0.717) is 15.6 Å². The number of hydrogen-bond acceptors (Lipinski definition) is 4. The second-order valence-electron chi connectivity index (χ2n) is 3.21. The van der Waals surface area contributed by atoms with Crippen LogP contribution in [0.3, 0.4) is 0 Å². The van der Waals surface area contributed by atoms with Crippen molar-refractivity contribution in [2.45, 2.75) is 0 Å². The molecule has 0 aliphatic rings. The molecule has 0 amide bonds. The fraction of sp³-hybridized carbons (Fsp3) is 0.0909. The highest BCUT2D eigenvalue weighted by Gasteiger charge is 2.07. The van der Waals surface area contributed by atoms with Gasteiger partial charge in [-0.05, 0) is 35.8 Å². The number of esters is 1. The minimum atomic E-state index is -0.409. The van der Waals surface area contributed by atoms with Crippen LogP contribution in [-0.2, 0) is 4.74 Å². The highest BCUT2D eigenvalue weighted by atomic mass is 35.5. The van der Waals surface area contributed by atoms with Gasteiger partial charge in [0, 0.05) is 6.07 Å². The molecular formula is C11H8ClNO3S. The normalized spacial score (nSPS) is 10.2. The Morgan fingerprint density at radius 2 is 2.00 bits per heavy atom. The van der Waals surface area contributed by atoms with Crippen molar-refractivity contribution >= 4 is 29.1 Å². The van der Waals surface area contributed by atoms with Crippen molar-refractivity contribution in [1.82, 2.24) is 3.96 Å². The van der Waals surface area contributed by atoms with Crippen molar-refractivity contribution in [3.8, 4) is 5.69 Å². The van der Waals surface area contributed by atoms with E-state index in [1.807, 2.05) is 0 Å². The molecular weight excluding hydrogens is 262 g/mol. The summed E-state index contributed by atoms with van der Waals surface area (Å²) in [6, 6.07) is 7.88. The summed E-state index contributed by atoms with van der Waals surface area (Å²) in [6.45, 7) is 0. The molecule has 88 valence electrons. The second kappa shape index (κ2) is 4.73. The van der Waals surface area contributed by atoms with Crippen molar-refractivity contribution in [2.75, 3.05) is 7.11 Å². The van der Waals surface area contributed by atoms with Gasteiger partial charge in [-0.2, -0.15) is 0 Å². The zero-order valence-corrected chi connectivity index (χ0v) is 10.4. The van der Waals surface area contributed by atoms with Gasteiger partial charge in [0.2, 0.25) is 0 Å². The van der Waals surface area contributed by atoms with E-state index >= 15 is 0 Å². The molecule has 0 bridgehead atoms. The molecule has 17 heavy (non-hydrogen) atoms. The molecule has 0 atom stereocenters. The summed E-state index contributed by atoms with van der Waals surface area (Å²) in [5.74, 6) is -0.409. The van der Waals surface area contributed by atoms with Crippen molar-refractivity contribution < 1.29 is 9.53 Å². The quantitative estimate of drug-likeness (QED) is 0.786. The fourth-order valence-electron chi connectivity index (χ4n) is 1.34. The van der Waals surface area contributed by atoms with Gasteiger partial charge in [-0.15, -0.1) is 0 Å². The minimum absolute atomic E-state index is 0.189. The largest absolute Gasteiger partial charge is 0.465 e. The van der Waals surface area contributed by atoms with Crippen molar-refractivity contribution in [3.05, 3.63) is 50.6 Å². The Kier molecular flexibility index (Phi) is 3.31. The third kappa shape index (κ3) is 2.40. The molecule has 0 aliphatic carbocycles. The van der Waals surface area contributed by atoms with E-state index in [2.05, 4.69) is 4.74 Å². The molecule has 0 radical (unpaired) electrons. The number of ether oxygens (including phenoxy) is 1. The number of halogens is 1. The molecule has 1 aromatic heterocycles. The van der Waals surface area contributed by atoms with Gasteiger partial charge in [-0.25, -0.2) is 8.75 Å². The molecule has 0 spiro atoms. The summed E-state index contributed by atoms with van der Waals surface area (Å²) in [5, 5.41) is 0. The summed E-state index contributed by atoms with van der Waals surface area (Å²) >= 11 is 6.88. The monoisotopic (exact) mass is 269 g/mol. The van der Waals surface area contributed by atoms with Gasteiger partial charge in [-0.3, -0.25) is 4.79 Å². The van der Waals surface area contributed by atoms with E-state index in [1.54, 1.807) is 24.3 Å². The van der Waals surface area contributed by atoms with Crippen LogP contribution in [0.25, 0.3) is 5.69 Å². The number of carbonyl (C=O) groups excluding carboxylic acids is 1. The number of hydrogen-bond donors (Lipinski definition) is 0. The molecule has 1 heterocycles. The smallest absolute Gasteiger partial charge is 0.337 e. The number of aromatic nitrogens is 1. The third-order valence-corrected chi connectivity index (χ3v) is 3.32. The molecule has 6 heteroatoms. The first kappa shape index (κ1) is 11.9. The molecule has 0 fully saturated rings. The van der Waals surface area contributed by atoms with Crippen LogP contribution in [0.5, 0.6) is 0 Å². The molecule has 1 aromatic carbocycles. The Hall–Kier alpha value is -1.59. The zero-order valence-electron chi connectivity index (χ0n) is 8.84. The van der Waals surface area contributed by atoms with Crippen LogP contribution in [0.2, 0.25) is 4.34 Å². The highest BCUT2D eigenvalue weighted by molar-refractivity contribution is 7.11. The van der Waals surface area contributed by atoms with Crippen LogP contribution < -0.4 is 5.56 Å². The topological polar surface area (TPSA) is 48.3 Å². The average molecular weight is 270 g/mol. The molecule has 4 nitrogen and oxygen atoms in total. The SMILES string of the molecule is COC(=O)c1ccc(-n2sc(Cl)cc2=O)cc1. The lowest BCUT2D eigenvalue weighted by molar-refractivity contribution is 0.0601. The Balaban J connectivity index is 2.39. The van der Waals surface area contributed by atoms with Gasteiger partial charge in [0.25, 0.3) is 5.56 Å². The van der Waals surface area contributed by atoms with E-state index in [0.717, 1.165) is 11.5 Å². The van der Waals surface area contributed by atoms with Gasteiger partial charge in [0.15, 0.2) is 0 Å².